The normalized spacial score (nSPS) is 13.6. The zero-order valence-electron chi connectivity index (χ0n) is 9.80. The van der Waals surface area contributed by atoms with Crippen molar-refractivity contribution in [2.75, 3.05) is 10.4 Å². The Balaban J connectivity index is 2.00. The Hall–Kier alpha value is -2.21. The van der Waals surface area contributed by atoms with Gasteiger partial charge in [0, 0.05) is 15.6 Å². The summed E-state index contributed by atoms with van der Waals surface area (Å²) in [5.74, 6) is -0.176. The van der Waals surface area contributed by atoms with Crippen molar-refractivity contribution in [1.82, 2.24) is 10.2 Å². The maximum atomic E-state index is 12.2. The molecule has 0 saturated heterocycles. The molecular formula is C13H9BrN4O. The molecule has 3 rings (SSSR count). The third-order valence-corrected chi connectivity index (χ3v) is 3.30. The summed E-state index contributed by atoms with van der Waals surface area (Å²) >= 11 is 3.39. The second kappa shape index (κ2) is 4.47. The number of carbonyl (C=O) groups excluding carboxylic acids is 1. The SMILES string of the molecule is C=C1C(=O)N(Nc2ccnnc2)c2ccc(Br)cc21. The quantitative estimate of drug-likeness (QED) is 0.865. The van der Waals surface area contributed by atoms with Crippen molar-refractivity contribution >= 4 is 38.8 Å². The minimum absolute atomic E-state index is 0.176. The Labute approximate surface area is 118 Å². The lowest BCUT2D eigenvalue weighted by Crippen LogP contribution is -2.32. The Morgan fingerprint density at radius 2 is 2.11 bits per heavy atom. The molecule has 5 nitrogen and oxygen atoms in total. The summed E-state index contributed by atoms with van der Waals surface area (Å²) in [6.45, 7) is 3.83. The number of carbonyl (C=O) groups is 1. The molecule has 0 saturated carbocycles. The van der Waals surface area contributed by atoms with Crippen molar-refractivity contribution in [2.24, 2.45) is 0 Å². The number of aromatic nitrogens is 2. The average molecular weight is 317 g/mol. The Kier molecular flexibility index (Phi) is 2.79. The van der Waals surface area contributed by atoms with E-state index < -0.39 is 0 Å². The van der Waals surface area contributed by atoms with Gasteiger partial charge in [0.25, 0.3) is 5.91 Å². The lowest BCUT2D eigenvalue weighted by atomic mass is 10.1. The predicted octanol–water partition coefficient (Wildman–Crippen LogP) is 2.63. The molecule has 0 bridgehead atoms. The van der Waals surface area contributed by atoms with Crippen LogP contribution in [-0.4, -0.2) is 16.1 Å². The second-order valence-electron chi connectivity index (χ2n) is 4.02. The highest BCUT2D eigenvalue weighted by atomic mass is 79.9. The van der Waals surface area contributed by atoms with Crippen molar-refractivity contribution in [3.8, 4) is 0 Å². The van der Waals surface area contributed by atoms with Gasteiger partial charge in [0.15, 0.2) is 0 Å². The maximum Gasteiger partial charge on any atom is 0.277 e. The first kappa shape index (κ1) is 11.9. The fourth-order valence-electron chi connectivity index (χ4n) is 1.90. The molecule has 1 aliphatic rings. The first-order chi connectivity index (χ1) is 9.16. The highest BCUT2D eigenvalue weighted by Crippen LogP contribution is 2.37. The van der Waals surface area contributed by atoms with E-state index >= 15 is 0 Å². The Bertz CT molecular complexity index is 672. The van der Waals surface area contributed by atoms with E-state index in [2.05, 4.69) is 38.1 Å². The van der Waals surface area contributed by atoms with Crippen LogP contribution < -0.4 is 10.4 Å². The number of fused-ring (bicyclic) bond motifs is 1. The maximum absolute atomic E-state index is 12.2. The molecule has 0 radical (unpaired) electrons. The smallest absolute Gasteiger partial charge is 0.277 e. The lowest BCUT2D eigenvalue weighted by Gasteiger charge is -2.18. The van der Waals surface area contributed by atoms with E-state index in [1.54, 1.807) is 18.5 Å². The standard InChI is InChI=1S/C13H9BrN4O/c1-8-11-6-9(14)2-3-12(11)18(13(8)19)17-10-4-5-15-16-7-10/h2-7H,1H2,(H,15,17). The van der Waals surface area contributed by atoms with Crippen LogP contribution in [0.15, 0.2) is 47.7 Å². The van der Waals surface area contributed by atoms with E-state index in [4.69, 9.17) is 0 Å². The first-order valence-corrected chi connectivity index (χ1v) is 6.33. The van der Waals surface area contributed by atoms with Crippen LogP contribution in [0.2, 0.25) is 0 Å². The first-order valence-electron chi connectivity index (χ1n) is 5.53. The number of hydrogen-bond donors (Lipinski definition) is 1. The van der Waals surface area contributed by atoms with Gasteiger partial charge in [-0.2, -0.15) is 10.2 Å². The number of halogens is 1. The van der Waals surface area contributed by atoms with Crippen molar-refractivity contribution in [1.29, 1.82) is 0 Å². The molecule has 2 aromatic rings. The van der Waals surface area contributed by atoms with Crippen LogP contribution >= 0.6 is 15.9 Å². The molecule has 0 fully saturated rings. The average Bonchev–Trinajstić information content (AvgIpc) is 2.65. The molecule has 1 N–H and O–H groups in total. The summed E-state index contributed by atoms with van der Waals surface area (Å²) in [4.78, 5) is 12.2. The van der Waals surface area contributed by atoms with Gasteiger partial charge in [-0.1, -0.05) is 22.5 Å². The number of amides is 1. The van der Waals surface area contributed by atoms with Gasteiger partial charge in [0.2, 0.25) is 0 Å². The summed E-state index contributed by atoms with van der Waals surface area (Å²) in [6.07, 6.45) is 3.10. The molecule has 1 aromatic heterocycles. The third kappa shape index (κ3) is 2.00. The van der Waals surface area contributed by atoms with Crippen LogP contribution in [0.5, 0.6) is 0 Å². The number of nitrogens with zero attached hydrogens (tertiary/aromatic N) is 3. The summed E-state index contributed by atoms with van der Waals surface area (Å²) in [6, 6.07) is 7.35. The van der Waals surface area contributed by atoms with E-state index in [9.17, 15) is 4.79 Å². The predicted molar refractivity (Wildman–Crippen MR) is 76.3 cm³/mol. The molecule has 1 amide bonds. The Morgan fingerprint density at radius 3 is 2.84 bits per heavy atom. The van der Waals surface area contributed by atoms with Gasteiger partial charge in [-0.15, -0.1) is 0 Å². The van der Waals surface area contributed by atoms with Gasteiger partial charge in [0.05, 0.1) is 23.8 Å². The van der Waals surface area contributed by atoms with Crippen LogP contribution in [0.1, 0.15) is 5.56 Å². The third-order valence-electron chi connectivity index (χ3n) is 2.81. The summed E-state index contributed by atoms with van der Waals surface area (Å²) in [5, 5.41) is 8.91. The minimum atomic E-state index is -0.176. The van der Waals surface area contributed by atoms with Gasteiger partial charge in [-0.25, -0.2) is 5.01 Å². The van der Waals surface area contributed by atoms with E-state index in [1.165, 1.54) is 5.01 Å². The summed E-state index contributed by atoms with van der Waals surface area (Å²) in [5.41, 5.74) is 5.74. The number of anilines is 2. The summed E-state index contributed by atoms with van der Waals surface area (Å²) < 4.78 is 0.910. The van der Waals surface area contributed by atoms with E-state index in [1.807, 2.05) is 18.2 Å². The molecule has 19 heavy (non-hydrogen) atoms. The van der Waals surface area contributed by atoms with Crippen molar-refractivity contribution in [3.63, 3.8) is 0 Å². The largest absolute Gasteiger partial charge is 0.289 e. The molecule has 94 valence electrons. The van der Waals surface area contributed by atoms with Crippen LogP contribution in [0.25, 0.3) is 5.57 Å². The van der Waals surface area contributed by atoms with Crippen LogP contribution in [-0.2, 0) is 4.79 Å². The number of rotatable bonds is 2. The van der Waals surface area contributed by atoms with Gasteiger partial charge in [0.1, 0.15) is 0 Å². The lowest BCUT2D eigenvalue weighted by molar-refractivity contribution is -0.112. The molecule has 1 aliphatic heterocycles. The molecule has 0 aliphatic carbocycles. The van der Waals surface area contributed by atoms with Crippen molar-refractivity contribution in [2.45, 2.75) is 0 Å². The zero-order valence-corrected chi connectivity index (χ0v) is 11.4. The van der Waals surface area contributed by atoms with Crippen LogP contribution in [0.4, 0.5) is 11.4 Å². The fraction of sp³-hybridized carbons (Fsp3) is 0. The van der Waals surface area contributed by atoms with E-state index in [-0.39, 0.29) is 5.91 Å². The van der Waals surface area contributed by atoms with Gasteiger partial charge < -0.3 is 0 Å². The molecule has 0 atom stereocenters. The van der Waals surface area contributed by atoms with Gasteiger partial charge >= 0.3 is 0 Å². The number of nitrogens with one attached hydrogen (secondary N) is 1. The van der Waals surface area contributed by atoms with E-state index in [0.29, 0.717) is 11.3 Å². The number of hydrazine groups is 1. The zero-order chi connectivity index (χ0) is 13.4. The number of benzene rings is 1. The molecule has 2 heterocycles. The Morgan fingerprint density at radius 1 is 1.26 bits per heavy atom. The van der Waals surface area contributed by atoms with Gasteiger partial charge in [-0.3, -0.25) is 10.2 Å². The monoisotopic (exact) mass is 316 g/mol. The van der Waals surface area contributed by atoms with Crippen LogP contribution in [0, 0.1) is 0 Å². The minimum Gasteiger partial charge on any atom is -0.289 e. The molecule has 0 spiro atoms. The van der Waals surface area contributed by atoms with Crippen molar-refractivity contribution in [3.05, 3.63) is 53.3 Å². The topological polar surface area (TPSA) is 58.1 Å². The molecule has 1 aromatic carbocycles. The van der Waals surface area contributed by atoms with Gasteiger partial charge in [-0.05, 0) is 24.3 Å². The highest BCUT2D eigenvalue weighted by Gasteiger charge is 2.31. The highest BCUT2D eigenvalue weighted by molar-refractivity contribution is 9.10. The molecule has 0 unspecified atom stereocenters. The van der Waals surface area contributed by atoms with Crippen LogP contribution in [0.3, 0.4) is 0 Å². The van der Waals surface area contributed by atoms with Crippen molar-refractivity contribution < 1.29 is 4.79 Å². The molecule has 6 heteroatoms. The summed E-state index contributed by atoms with van der Waals surface area (Å²) in [7, 11) is 0. The van der Waals surface area contributed by atoms with E-state index in [0.717, 1.165) is 15.7 Å². The number of hydrogen-bond acceptors (Lipinski definition) is 4. The second-order valence-corrected chi connectivity index (χ2v) is 4.94. The molecular weight excluding hydrogens is 308 g/mol. The fourth-order valence-corrected chi connectivity index (χ4v) is 2.26.